The van der Waals surface area contributed by atoms with Gasteiger partial charge in [-0.25, -0.2) is 18.4 Å². The quantitative estimate of drug-likeness (QED) is 0.232. The number of hydrogen-bond donors (Lipinski definition) is 3. The van der Waals surface area contributed by atoms with Crippen molar-refractivity contribution in [3.8, 4) is 0 Å². The Kier molecular flexibility index (Phi) is 7.35. The summed E-state index contributed by atoms with van der Waals surface area (Å²) >= 11 is 0. The van der Waals surface area contributed by atoms with Crippen LogP contribution in [0, 0.1) is 5.82 Å². The number of nitrogens with one attached hydrogen (secondary N) is 2. The summed E-state index contributed by atoms with van der Waals surface area (Å²) in [5.41, 5.74) is 2.79. The Morgan fingerprint density at radius 3 is 2.77 bits per heavy atom. The van der Waals surface area contributed by atoms with E-state index in [1.807, 2.05) is 0 Å². The number of rotatable bonds is 8. The van der Waals surface area contributed by atoms with Crippen LogP contribution < -0.4 is 15.6 Å². The van der Waals surface area contributed by atoms with Crippen LogP contribution in [-0.2, 0) is 23.4 Å². The minimum Gasteiger partial charge on any atom is -0.442 e. The number of carbonyl (C=O) groups excluding carboxylic acids is 3. The Bertz CT molecular complexity index is 912. The lowest BCUT2D eigenvalue weighted by Gasteiger charge is -2.26. The predicted molar refractivity (Wildman–Crippen MR) is 104 cm³/mol. The molecule has 2 amide bonds. The van der Waals surface area contributed by atoms with Gasteiger partial charge in [0.1, 0.15) is 18.3 Å². The normalized spacial score (nSPS) is 18.0. The number of hydrazone groups is 1. The number of cyclic esters (lactones) is 1. The third-order valence-electron chi connectivity index (χ3n) is 3.84. The fourth-order valence-electron chi connectivity index (χ4n) is 2.60. The highest BCUT2D eigenvalue weighted by atomic mass is 31.2. The van der Waals surface area contributed by atoms with Gasteiger partial charge in [0.05, 0.1) is 24.5 Å². The maximum absolute atomic E-state index is 14.3. The third-order valence-corrected chi connectivity index (χ3v) is 5.39. The summed E-state index contributed by atoms with van der Waals surface area (Å²) in [5.74, 6) is -2.58. The molecule has 1 aliphatic heterocycles. The van der Waals surface area contributed by atoms with E-state index in [1.165, 1.54) is 18.5 Å². The smallest absolute Gasteiger partial charge is 0.442 e. The van der Waals surface area contributed by atoms with Crippen molar-refractivity contribution in [1.29, 1.82) is 0 Å². The van der Waals surface area contributed by atoms with Gasteiger partial charge in [0.15, 0.2) is 0 Å². The molecule has 14 heteroatoms. The van der Waals surface area contributed by atoms with Crippen LogP contribution in [0.5, 0.6) is 0 Å². The van der Waals surface area contributed by atoms with Crippen LogP contribution >= 0.6 is 7.75 Å². The summed E-state index contributed by atoms with van der Waals surface area (Å²) in [7, 11) is -3.20. The number of halogens is 1. The van der Waals surface area contributed by atoms with E-state index in [4.69, 9.17) is 4.74 Å². The number of amides is 2. The summed E-state index contributed by atoms with van der Waals surface area (Å²) < 4.78 is 36.3. The van der Waals surface area contributed by atoms with Crippen LogP contribution in [0.15, 0.2) is 23.3 Å². The van der Waals surface area contributed by atoms with Crippen molar-refractivity contribution in [1.82, 2.24) is 10.1 Å². The highest BCUT2D eigenvalue weighted by Crippen LogP contribution is 2.47. The van der Waals surface area contributed by atoms with Crippen molar-refractivity contribution in [2.45, 2.75) is 20.0 Å². The lowest BCUT2D eigenvalue weighted by Crippen LogP contribution is -2.36. The van der Waals surface area contributed by atoms with E-state index in [2.05, 4.69) is 20.4 Å². The van der Waals surface area contributed by atoms with Crippen molar-refractivity contribution in [2.24, 2.45) is 5.10 Å². The number of anilines is 2. The molecule has 1 aromatic rings. The molecule has 30 heavy (non-hydrogen) atoms. The van der Waals surface area contributed by atoms with E-state index in [-0.39, 0.29) is 17.9 Å². The van der Waals surface area contributed by atoms with Crippen LogP contribution in [0.1, 0.15) is 13.8 Å². The molecule has 2 atom stereocenters. The van der Waals surface area contributed by atoms with Crippen molar-refractivity contribution in [3.05, 3.63) is 24.0 Å². The summed E-state index contributed by atoms with van der Waals surface area (Å²) in [5, 5.41) is 6.28. The number of hydrogen-bond acceptors (Lipinski definition) is 8. The predicted octanol–water partition coefficient (Wildman–Crippen LogP) is 1.24. The van der Waals surface area contributed by atoms with E-state index >= 15 is 0 Å². The molecule has 1 fully saturated rings. The Morgan fingerprint density at radius 1 is 1.50 bits per heavy atom. The van der Waals surface area contributed by atoms with Crippen molar-refractivity contribution < 1.29 is 37.5 Å². The fourth-order valence-corrected chi connectivity index (χ4v) is 3.78. The first-order chi connectivity index (χ1) is 14.0. The van der Waals surface area contributed by atoms with Gasteiger partial charge in [-0.1, -0.05) is 0 Å². The first-order valence-corrected chi connectivity index (χ1v) is 10.1. The summed E-state index contributed by atoms with van der Waals surface area (Å²) in [6.45, 7) is 1.28. The van der Waals surface area contributed by atoms with Crippen molar-refractivity contribution >= 4 is 43.4 Å². The van der Waals surface area contributed by atoms with Gasteiger partial charge in [0.2, 0.25) is 5.91 Å². The second-order valence-corrected chi connectivity index (χ2v) is 7.73. The van der Waals surface area contributed by atoms with Crippen molar-refractivity contribution in [2.75, 3.05) is 30.4 Å². The van der Waals surface area contributed by atoms with Crippen LogP contribution in [-0.4, -0.2) is 60.1 Å². The number of nitrogens with zero attached hydrogens (tertiary/aromatic N) is 3. The van der Waals surface area contributed by atoms with Gasteiger partial charge < -0.3 is 20.0 Å². The zero-order valence-corrected chi connectivity index (χ0v) is 17.3. The number of ether oxygens (including phenoxy) is 1. The maximum Gasteiger partial charge on any atom is 0.490 e. The Morgan fingerprint density at radius 2 is 2.20 bits per heavy atom. The molecule has 1 heterocycles. The molecule has 1 aliphatic rings. The maximum atomic E-state index is 14.3. The molecule has 0 radical (unpaired) electrons. The number of carbonyl (C=O) groups is 3. The first-order valence-electron chi connectivity index (χ1n) is 8.59. The van der Waals surface area contributed by atoms with E-state index in [1.54, 1.807) is 7.05 Å². The first kappa shape index (κ1) is 23.1. The molecule has 0 bridgehead atoms. The van der Waals surface area contributed by atoms with E-state index < -0.39 is 44.2 Å². The lowest BCUT2D eigenvalue weighted by atomic mass is 10.2. The highest BCUT2D eigenvalue weighted by molar-refractivity contribution is 7.51. The van der Waals surface area contributed by atoms with Crippen LogP contribution in [0.2, 0.25) is 0 Å². The molecule has 3 N–H and O–H groups in total. The van der Waals surface area contributed by atoms with Crippen molar-refractivity contribution in [3.63, 3.8) is 0 Å². The minimum atomic E-state index is -4.77. The zero-order chi connectivity index (χ0) is 22.5. The highest BCUT2D eigenvalue weighted by Gasteiger charge is 2.41. The fraction of sp³-hybridized carbons (Fsp3) is 0.375. The van der Waals surface area contributed by atoms with E-state index in [0.29, 0.717) is 4.67 Å². The number of benzene rings is 1. The third kappa shape index (κ3) is 5.67. The minimum absolute atomic E-state index is 0.118. The summed E-state index contributed by atoms with van der Waals surface area (Å²) in [4.78, 5) is 45.9. The Labute approximate surface area is 171 Å². The van der Waals surface area contributed by atoms with Gasteiger partial charge >= 0.3 is 19.8 Å². The van der Waals surface area contributed by atoms with Crippen LogP contribution in [0.3, 0.4) is 0 Å². The molecule has 1 aromatic carbocycles. The topological polar surface area (TPSA) is 150 Å². The zero-order valence-electron chi connectivity index (χ0n) is 16.4. The molecular formula is C16H21FN5O7P. The molecule has 0 saturated carbocycles. The van der Waals surface area contributed by atoms with E-state index in [9.17, 15) is 28.2 Å². The molecule has 0 aromatic heterocycles. The lowest BCUT2D eigenvalue weighted by molar-refractivity contribution is -0.134. The average molecular weight is 445 g/mol. The Hall–Kier alpha value is -3.18. The SMILES string of the molecule is CN/N=C\Nc1ccc(N2C[C@H](CN(C(C)=O)P(=O)(O)OC(C)=O)OC2=O)cc1F. The van der Waals surface area contributed by atoms with Gasteiger partial charge in [-0.3, -0.25) is 19.4 Å². The second kappa shape index (κ2) is 9.55. The molecule has 0 spiro atoms. The summed E-state index contributed by atoms with van der Waals surface area (Å²) in [6, 6.07) is 3.94. The van der Waals surface area contributed by atoms with Gasteiger partial charge in [0, 0.05) is 20.9 Å². The monoisotopic (exact) mass is 445 g/mol. The average Bonchev–Trinajstić information content (AvgIpc) is 3.00. The molecule has 1 unspecified atom stereocenters. The second-order valence-electron chi connectivity index (χ2n) is 6.08. The van der Waals surface area contributed by atoms with E-state index in [0.717, 1.165) is 24.8 Å². The van der Waals surface area contributed by atoms with Gasteiger partial charge in [-0.2, -0.15) is 5.10 Å². The molecule has 0 aliphatic carbocycles. The molecule has 164 valence electrons. The standard InChI is InChI=1S/C16H21FN5O7P/c1-10(23)22(30(26,27)29-11(2)24)8-13-7-21(16(25)28-13)12-4-5-15(14(17)6-12)19-9-20-18-3/h4-6,9,13,18H,7-8H2,1-3H3,(H,19,20)(H,26,27)/t13-/m1/s1. The van der Waals surface area contributed by atoms with Gasteiger partial charge in [-0.05, 0) is 18.2 Å². The molecular weight excluding hydrogens is 424 g/mol. The van der Waals surface area contributed by atoms with Crippen LogP contribution in [0.25, 0.3) is 0 Å². The molecule has 2 rings (SSSR count). The molecule has 12 nitrogen and oxygen atoms in total. The Balaban J connectivity index is 2.13. The van der Waals surface area contributed by atoms with Crippen LogP contribution in [0.4, 0.5) is 20.6 Å². The largest absolute Gasteiger partial charge is 0.490 e. The van der Waals surface area contributed by atoms with Gasteiger partial charge in [0.25, 0.3) is 0 Å². The summed E-state index contributed by atoms with van der Waals surface area (Å²) in [6.07, 6.45) is -0.605. The molecule has 1 saturated heterocycles. The van der Waals surface area contributed by atoms with Gasteiger partial charge in [-0.15, -0.1) is 0 Å².